The van der Waals surface area contributed by atoms with E-state index in [1.807, 2.05) is 30.3 Å². The van der Waals surface area contributed by atoms with Gasteiger partial charge in [0, 0.05) is 23.1 Å². The van der Waals surface area contributed by atoms with Gasteiger partial charge in [0.05, 0.1) is 5.69 Å². The molecule has 0 atom stereocenters. The largest absolute Gasteiger partial charge is 0.507 e. The minimum atomic E-state index is 0.149. The van der Waals surface area contributed by atoms with Crippen LogP contribution in [0, 0.1) is 0 Å². The van der Waals surface area contributed by atoms with Gasteiger partial charge in [0.2, 0.25) is 5.95 Å². The Hall–Kier alpha value is -3.08. The van der Waals surface area contributed by atoms with Crippen molar-refractivity contribution in [2.45, 2.75) is 19.8 Å². The number of nitrogens with two attached hydrogens (primary N) is 1. The van der Waals surface area contributed by atoms with E-state index in [1.165, 1.54) is 5.56 Å². The molecule has 0 aliphatic rings. The number of para-hydroxylation sites is 1. The Bertz CT molecular complexity index is 861. The molecule has 0 aliphatic carbocycles. The van der Waals surface area contributed by atoms with Crippen molar-refractivity contribution in [2.75, 3.05) is 11.1 Å². The number of nitrogens with zero attached hydrogens (tertiary/aromatic N) is 2. The molecule has 122 valence electrons. The third-order valence-electron chi connectivity index (χ3n) is 3.81. The Labute approximate surface area is 141 Å². The number of phenols is 1. The normalized spacial score (nSPS) is 10.8. The Kier molecular flexibility index (Phi) is 4.33. The maximum Gasteiger partial charge on any atom is 0.220 e. The maximum atomic E-state index is 10.2. The summed E-state index contributed by atoms with van der Waals surface area (Å²) in [7, 11) is 0. The summed E-state index contributed by atoms with van der Waals surface area (Å²) >= 11 is 0. The van der Waals surface area contributed by atoms with Gasteiger partial charge in [-0.05, 0) is 41.8 Å². The predicted octanol–water partition coefficient (Wildman–Crippen LogP) is 4.30. The van der Waals surface area contributed by atoms with Gasteiger partial charge >= 0.3 is 0 Å². The molecule has 0 aliphatic heterocycles. The fourth-order valence-corrected chi connectivity index (χ4v) is 2.61. The minimum Gasteiger partial charge on any atom is -0.507 e. The smallest absolute Gasteiger partial charge is 0.220 e. The van der Waals surface area contributed by atoms with Gasteiger partial charge in [0.15, 0.2) is 0 Å². The summed E-state index contributed by atoms with van der Waals surface area (Å²) in [4.78, 5) is 8.06. The standard InChI is InChI=1S/C19H20N4O/c1-12(2)14-5-3-4-6-16(14)22-13-7-8-18(24)15(11-13)17-9-10-21-19(20)23-17/h3-12,22,24H,1-2H3,(H2,20,21,23). The van der Waals surface area contributed by atoms with E-state index in [0.717, 1.165) is 11.4 Å². The molecule has 3 aromatic rings. The molecule has 5 nitrogen and oxygen atoms in total. The van der Waals surface area contributed by atoms with Crippen molar-refractivity contribution in [1.29, 1.82) is 0 Å². The van der Waals surface area contributed by atoms with Crippen LogP contribution in [0.25, 0.3) is 11.3 Å². The Balaban J connectivity index is 1.98. The van der Waals surface area contributed by atoms with Gasteiger partial charge in [-0.15, -0.1) is 0 Å². The predicted molar refractivity (Wildman–Crippen MR) is 97.4 cm³/mol. The van der Waals surface area contributed by atoms with Crippen LogP contribution in [-0.4, -0.2) is 15.1 Å². The zero-order chi connectivity index (χ0) is 17.1. The third kappa shape index (κ3) is 3.30. The van der Waals surface area contributed by atoms with Crippen LogP contribution in [0.5, 0.6) is 5.75 Å². The molecule has 0 unspecified atom stereocenters. The molecule has 4 N–H and O–H groups in total. The van der Waals surface area contributed by atoms with Crippen molar-refractivity contribution in [3.63, 3.8) is 0 Å². The molecule has 0 radical (unpaired) electrons. The highest BCUT2D eigenvalue weighted by atomic mass is 16.3. The lowest BCUT2D eigenvalue weighted by Crippen LogP contribution is -1.98. The van der Waals surface area contributed by atoms with Gasteiger partial charge in [-0.1, -0.05) is 32.0 Å². The van der Waals surface area contributed by atoms with Crippen LogP contribution in [0.2, 0.25) is 0 Å². The Morgan fingerprint density at radius 1 is 1.08 bits per heavy atom. The Morgan fingerprint density at radius 2 is 1.88 bits per heavy atom. The first-order valence-electron chi connectivity index (χ1n) is 7.82. The van der Waals surface area contributed by atoms with Crippen LogP contribution in [0.4, 0.5) is 17.3 Å². The molecule has 2 aromatic carbocycles. The first-order valence-corrected chi connectivity index (χ1v) is 7.82. The van der Waals surface area contributed by atoms with Crippen molar-refractivity contribution < 1.29 is 5.11 Å². The second-order valence-electron chi connectivity index (χ2n) is 5.90. The van der Waals surface area contributed by atoms with E-state index in [-0.39, 0.29) is 11.7 Å². The lowest BCUT2D eigenvalue weighted by Gasteiger charge is -2.15. The van der Waals surface area contributed by atoms with Crippen molar-refractivity contribution in [1.82, 2.24) is 9.97 Å². The van der Waals surface area contributed by atoms with Crippen molar-refractivity contribution in [2.24, 2.45) is 0 Å². The molecule has 1 heterocycles. The highest BCUT2D eigenvalue weighted by Gasteiger charge is 2.10. The minimum absolute atomic E-state index is 0.149. The first-order chi connectivity index (χ1) is 11.5. The maximum absolute atomic E-state index is 10.2. The van der Waals surface area contributed by atoms with E-state index in [0.29, 0.717) is 17.2 Å². The van der Waals surface area contributed by atoms with Crippen LogP contribution in [0.1, 0.15) is 25.3 Å². The zero-order valence-electron chi connectivity index (χ0n) is 13.7. The zero-order valence-corrected chi connectivity index (χ0v) is 13.7. The van der Waals surface area contributed by atoms with Crippen LogP contribution < -0.4 is 11.1 Å². The quantitative estimate of drug-likeness (QED) is 0.624. The molecule has 1 aromatic heterocycles. The third-order valence-corrected chi connectivity index (χ3v) is 3.81. The number of phenolic OH excluding ortho intramolecular Hbond substituents is 1. The fraction of sp³-hybridized carbons (Fsp3) is 0.158. The summed E-state index contributed by atoms with van der Waals surface area (Å²) in [6, 6.07) is 15.2. The fourth-order valence-electron chi connectivity index (χ4n) is 2.61. The number of nitrogen functional groups attached to an aromatic ring is 1. The van der Waals surface area contributed by atoms with Gasteiger partial charge in [0.25, 0.3) is 0 Å². The van der Waals surface area contributed by atoms with E-state index >= 15 is 0 Å². The lowest BCUT2D eigenvalue weighted by molar-refractivity contribution is 0.477. The summed E-state index contributed by atoms with van der Waals surface area (Å²) in [6.45, 7) is 4.32. The monoisotopic (exact) mass is 320 g/mol. The van der Waals surface area contributed by atoms with Crippen molar-refractivity contribution in [3.05, 3.63) is 60.3 Å². The van der Waals surface area contributed by atoms with Gasteiger partial charge in [-0.25, -0.2) is 9.97 Å². The van der Waals surface area contributed by atoms with Crippen molar-refractivity contribution in [3.8, 4) is 17.0 Å². The van der Waals surface area contributed by atoms with E-state index in [4.69, 9.17) is 5.73 Å². The number of anilines is 3. The summed E-state index contributed by atoms with van der Waals surface area (Å²) < 4.78 is 0. The molecule has 0 fully saturated rings. The first kappa shape index (κ1) is 15.8. The van der Waals surface area contributed by atoms with Crippen LogP contribution in [0.15, 0.2) is 54.7 Å². The number of rotatable bonds is 4. The summed E-state index contributed by atoms with van der Waals surface area (Å²) in [5.74, 6) is 0.734. The van der Waals surface area contributed by atoms with Gasteiger partial charge in [-0.3, -0.25) is 0 Å². The van der Waals surface area contributed by atoms with Crippen LogP contribution in [-0.2, 0) is 0 Å². The van der Waals surface area contributed by atoms with E-state index in [2.05, 4.69) is 35.2 Å². The molecule has 24 heavy (non-hydrogen) atoms. The van der Waals surface area contributed by atoms with E-state index in [9.17, 15) is 5.11 Å². The van der Waals surface area contributed by atoms with E-state index < -0.39 is 0 Å². The topological polar surface area (TPSA) is 84.1 Å². The number of hydrogen-bond acceptors (Lipinski definition) is 5. The molecule has 0 saturated heterocycles. The molecule has 0 saturated carbocycles. The average Bonchev–Trinajstić information content (AvgIpc) is 2.57. The second-order valence-corrected chi connectivity index (χ2v) is 5.90. The number of aromatic hydroxyl groups is 1. The number of benzene rings is 2. The van der Waals surface area contributed by atoms with Crippen LogP contribution in [0.3, 0.4) is 0 Å². The molecular weight excluding hydrogens is 300 g/mol. The summed E-state index contributed by atoms with van der Waals surface area (Å²) in [5, 5.41) is 13.6. The van der Waals surface area contributed by atoms with Gasteiger partial charge in [-0.2, -0.15) is 0 Å². The second kappa shape index (κ2) is 6.58. The summed E-state index contributed by atoms with van der Waals surface area (Å²) in [5.41, 5.74) is 9.98. The molecular formula is C19H20N4O. The average molecular weight is 320 g/mol. The number of nitrogens with one attached hydrogen (secondary N) is 1. The number of aromatic nitrogens is 2. The highest BCUT2D eigenvalue weighted by Crippen LogP contribution is 2.33. The molecule has 0 spiro atoms. The summed E-state index contributed by atoms with van der Waals surface area (Å²) in [6.07, 6.45) is 1.57. The van der Waals surface area contributed by atoms with Crippen molar-refractivity contribution >= 4 is 17.3 Å². The van der Waals surface area contributed by atoms with Gasteiger partial charge < -0.3 is 16.2 Å². The van der Waals surface area contributed by atoms with E-state index in [1.54, 1.807) is 18.3 Å². The lowest BCUT2D eigenvalue weighted by atomic mass is 10.0. The molecule has 0 bridgehead atoms. The SMILES string of the molecule is CC(C)c1ccccc1Nc1ccc(O)c(-c2ccnc(N)n2)c1. The number of hydrogen-bond donors (Lipinski definition) is 3. The molecule has 0 amide bonds. The molecule has 3 rings (SSSR count). The Morgan fingerprint density at radius 3 is 2.62 bits per heavy atom. The molecule has 5 heteroatoms. The van der Waals surface area contributed by atoms with Gasteiger partial charge in [0.1, 0.15) is 5.75 Å². The highest BCUT2D eigenvalue weighted by molar-refractivity contribution is 5.74. The van der Waals surface area contributed by atoms with Crippen LogP contribution >= 0.6 is 0 Å².